The number of carbonyl (C=O) groups is 1. The maximum absolute atomic E-state index is 11.4. The molecule has 1 rings (SSSR count). The van der Waals surface area contributed by atoms with Gasteiger partial charge in [0.25, 0.3) is 0 Å². The second-order valence-electron chi connectivity index (χ2n) is 3.73. The molecule has 3 nitrogen and oxygen atoms in total. The zero-order chi connectivity index (χ0) is 13.0. The van der Waals surface area contributed by atoms with E-state index >= 15 is 0 Å². The maximum atomic E-state index is 11.4. The lowest BCUT2D eigenvalue weighted by Gasteiger charge is -2.13. The van der Waals surface area contributed by atoms with Crippen molar-refractivity contribution in [3.8, 4) is 0 Å². The largest absolute Gasteiger partial charge is 0.326 e. The van der Waals surface area contributed by atoms with E-state index in [0.717, 1.165) is 24.0 Å². The third kappa shape index (κ3) is 3.54. The monoisotopic (exact) mass is 273 g/mol. The molecule has 0 aliphatic carbocycles. The van der Waals surface area contributed by atoms with E-state index in [4.69, 9.17) is 10.7 Å². The van der Waals surface area contributed by atoms with Crippen LogP contribution in [0.3, 0.4) is 0 Å². The Bertz CT molecular complexity index is 460. The summed E-state index contributed by atoms with van der Waals surface area (Å²) in [5, 5.41) is 2.74. The molecule has 94 valence electrons. The summed E-state index contributed by atoms with van der Waals surface area (Å²) < 4.78 is 11.4. The van der Waals surface area contributed by atoms with E-state index in [9.17, 15) is 9.00 Å². The Morgan fingerprint density at radius 3 is 2.29 bits per heavy atom. The lowest BCUT2D eigenvalue weighted by molar-refractivity contribution is -0.114. The minimum absolute atomic E-state index is 0.143. The molecule has 0 aliphatic rings. The van der Waals surface area contributed by atoms with Gasteiger partial charge in [0.15, 0.2) is 0 Å². The molecule has 0 saturated heterocycles. The van der Waals surface area contributed by atoms with Crippen molar-refractivity contribution in [1.82, 2.24) is 0 Å². The minimum atomic E-state index is -1.55. The zero-order valence-corrected chi connectivity index (χ0v) is 11.7. The smallest absolute Gasteiger partial charge is 0.221 e. The van der Waals surface area contributed by atoms with E-state index in [-0.39, 0.29) is 5.91 Å². The van der Waals surface area contributed by atoms with Gasteiger partial charge in [-0.3, -0.25) is 4.79 Å². The molecule has 1 unspecified atom stereocenters. The van der Waals surface area contributed by atoms with Crippen molar-refractivity contribution in [2.75, 3.05) is 5.32 Å². The van der Waals surface area contributed by atoms with Crippen molar-refractivity contribution in [1.29, 1.82) is 0 Å². The summed E-state index contributed by atoms with van der Waals surface area (Å²) in [6.07, 6.45) is 1.57. The number of hydrogen-bond donors (Lipinski definition) is 1. The molecular weight excluding hydrogens is 258 g/mol. The Kier molecular flexibility index (Phi) is 5.15. The molecule has 1 amide bonds. The summed E-state index contributed by atoms with van der Waals surface area (Å²) in [6, 6.07) is 3.67. The van der Waals surface area contributed by atoms with Gasteiger partial charge in [0, 0.05) is 12.6 Å². The van der Waals surface area contributed by atoms with Gasteiger partial charge < -0.3 is 5.32 Å². The molecule has 1 N–H and O–H groups in total. The normalized spacial score (nSPS) is 12.2. The molecule has 0 fully saturated rings. The van der Waals surface area contributed by atoms with Crippen LogP contribution in [0, 0.1) is 0 Å². The number of carbonyl (C=O) groups excluding carboxylic acids is 1. The van der Waals surface area contributed by atoms with Crippen LogP contribution in [0.5, 0.6) is 0 Å². The molecule has 0 bridgehead atoms. The molecule has 5 heteroatoms. The first kappa shape index (κ1) is 14.2. The van der Waals surface area contributed by atoms with Crippen molar-refractivity contribution in [2.24, 2.45) is 0 Å². The lowest BCUT2D eigenvalue weighted by atomic mass is 10.0. The van der Waals surface area contributed by atoms with Gasteiger partial charge in [0.05, 0.1) is 4.90 Å². The fourth-order valence-corrected chi connectivity index (χ4v) is 2.75. The van der Waals surface area contributed by atoms with E-state index in [1.165, 1.54) is 6.92 Å². The average Bonchev–Trinajstić information content (AvgIpc) is 2.27. The number of hydrogen-bond acceptors (Lipinski definition) is 2. The van der Waals surface area contributed by atoms with Crippen LogP contribution in [-0.4, -0.2) is 10.1 Å². The first-order valence-corrected chi connectivity index (χ1v) is 7.48. The summed E-state index contributed by atoms with van der Waals surface area (Å²) in [5.74, 6) is -0.143. The van der Waals surface area contributed by atoms with Gasteiger partial charge in [-0.2, -0.15) is 0 Å². The first-order valence-electron chi connectivity index (χ1n) is 5.51. The van der Waals surface area contributed by atoms with E-state index < -0.39 is 10.0 Å². The van der Waals surface area contributed by atoms with Crippen LogP contribution in [0.25, 0.3) is 0 Å². The van der Waals surface area contributed by atoms with Crippen LogP contribution in [0.15, 0.2) is 17.0 Å². The SMILES string of the molecule is CCc1cc(CC)c(S(=O)Cl)cc1NC(C)=O. The van der Waals surface area contributed by atoms with E-state index in [1.54, 1.807) is 6.07 Å². The zero-order valence-electron chi connectivity index (χ0n) is 10.2. The first-order chi connectivity index (χ1) is 7.99. The highest BCUT2D eigenvalue weighted by molar-refractivity contribution is 8.08. The fraction of sp³-hybridized carbons (Fsp3) is 0.417. The topological polar surface area (TPSA) is 46.2 Å². The summed E-state index contributed by atoms with van der Waals surface area (Å²) in [4.78, 5) is 11.7. The van der Waals surface area contributed by atoms with Crippen molar-refractivity contribution in [3.05, 3.63) is 23.3 Å². The molecule has 1 aromatic carbocycles. The predicted molar refractivity (Wildman–Crippen MR) is 71.8 cm³/mol. The molecule has 0 aromatic heterocycles. The molecular formula is C12H16ClNO2S. The Morgan fingerprint density at radius 2 is 1.88 bits per heavy atom. The molecule has 1 aromatic rings. The molecule has 0 radical (unpaired) electrons. The van der Waals surface area contributed by atoms with Crippen molar-refractivity contribution in [3.63, 3.8) is 0 Å². The predicted octanol–water partition coefficient (Wildman–Crippen LogP) is 3.03. The van der Waals surface area contributed by atoms with Crippen LogP contribution in [0.1, 0.15) is 31.9 Å². The maximum Gasteiger partial charge on any atom is 0.221 e. The minimum Gasteiger partial charge on any atom is -0.326 e. The molecule has 17 heavy (non-hydrogen) atoms. The average molecular weight is 274 g/mol. The summed E-state index contributed by atoms with van der Waals surface area (Å²) in [5.41, 5.74) is 2.69. The summed E-state index contributed by atoms with van der Waals surface area (Å²) >= 11 is 0. The van der Waals surface area contributed by atoms with Crippen molar-refractivity contribution in [2.45, 2.75) is 38.5 Å². The van der Waals surface area contributed by atoms with Gasteiger partial charge in [0.2, 0.25) is 5.91 Å². The Hall–Kier alpha value is -0.870. The highest BCUT2D eigenvalue weighted by atomic mass is 35.7. The van der Waals surface area contributed by atoms with Gasteiger partial charge in [-0.05, 0) is 40.7 Å². The third-order valence-corrected chi connectivity index (χ3v) is 3.76. The number of amides is 1. The van der Waals surface area contributed by atoms with Gasteiger partial charge >= 0.3 is 0 Å². The Balaban J connectivity index is 3.33. The quantitative estimate of drug-likeness (QED) is 0.857. The summed E-state index contributed by atoms with van der Waals surface area (Å²) in [6.45, 7) is 5.45. The number of halogens is 1. The van der Waals surface area contributed by atoms with Gasteiger partial charge in [-0.25, -0.2) is 4.21 Å². The number of benzene rings is 1. The molecule has 0 saturated carbocycles. The molecule has 1 atom stereocenters. The lowest BCUT2D eigenvalue weighted by Crippen LogP contribution is -2.09. The van der Waals surface area contributed by atoms with Crippen molar-refractivity contribution < 1.29 is 9.00 Å². The van der Waals surface area contributed by atoms with Crippen LogP contribution in [0.2, 0.25) is 0 Å². The van der Waals surface area contributed by atoms with Crippen LogP contribution in [-0.2, 0) is 27.6 Å². The van der Waals surface area contributed by atoms with Gasteiger partial charge in [-0.1, -0.05) is 19.9 Å². The van der Waals surface area contributed by atoms with E-state index in [1.807, 2.05) is 19.9 Å². The van der Waals surface area contributed by atoms with E-state index in [0.29, 0.717) is 10.6 Å². The van der Waals surface area contributed by atoms with Gasteiger partial charge in [0.1, 0.15) is 10.0 Å². The second kappa shape index (κ2) is 6.17. The number of nitrogens with one attached hydrogen (secondary N) is 1. The molecule has 0 heterocycles. The standard InChI is InChI=1S/C12H16ClNO2S/c1-4-9-6-10(5-2)12(17(13)16)7-11(9)14-8(3)15/h6-7H,4-5H2,1-3H3,(H,14,15). The van der Waals surface area contributed by atoms with Crippen LogP contribution < -0.4 is 5.32 Å². The summed E-state index contributed by atoms with van der Waals surface area (Å²) in [7, 11) is 4.10. The Morgan fingerprint density at radius 1 is 1.29 bits per heavy atom. The van der Waals surface area contributed by atoms with Gasteiger partial charge in [-0.15, -0.1) is 0 Å². The molecule has 0 aliphatic heterocycles. The van der Waals surface area contributed by atoms with Crippen LogP contribution in [0.4, 0.5) is 5.69 Å². The highest BCUT2D eigenvalue weighted by Gasteiger charge is 2.12. The van der Waals surface area contributed by atoms with E-state index in [2.05, 4.69) is 5.32 Å². The number of aryl methyl sites for hydroxylation is 2. The molecule has 0 spiro atoms. The fourth-order valence-electron chi connectivity index (χ4n) is 1.70. The third-order valence-electron chi connectivity index (χ3n) is 2.53. The second-order valence-corrected chi connectivity index (χ2v) is 5.46. The Labute approximate surface area is 109 Å². The van der Waals surface area contributed by atoms with Crippen molar-refractivity contribution >= 4 is 32.3 Å². The van der Waals surface area contributed by atoms with Crippen LogP contribution >= 0.6 is 10.7 Å². The highest BCUT2D eigenvalue weighted by Crippen LogP contribution is 2.26. The number of rotatable bonds is 4. The number of anilines is 1.